The van der Waals surface area contributed by atoms with Gasteiger partial charge in [0.05, 0.1) is 0 Å². The maximum atomic E-state index is 14.0. The summed E-state index contributed by atoms with van der Waals surface area (Å²) >= 11 is 0. The molecule has 0 spiro atoms. The number of carbonyl (C=O) groups is 1. The van der Waals surface area contributed by atoms with Crippen LogP contribution in [-0.2, 0) is 4.74 Å². The van der Waals surface area contributed by atoms with E-state index in [0.717, 1.165) is 19.3 Å². The van der Waals surface area contributed by atoms with Crippen LogP contribution in [0.15, 0.2) is 22.7 Å². The molecule has 1 aromatic heterocycles. The van der Waals surface area contributed by atoms with E-state index in [1.54, 1.807) is 12.1 Å². The Morgan fingerprint density at radius 3 is 2.54 bits per heavy atom. The molecular formula is C18H19FN2O3. The first-order valence-electron chi connectivity index (χ1n) is 8.64. The van der Waals surface area contributed by atoms with E-state index in [1.807, 2.05) is 0 Å². The molecule has 1 heterocycles. The van der Waals surface area contributed by atoms with Crippen LogP contribution in [0, 0.1) is 23.6 Å². The van der Waals surface area contributed by atoms with Gasteiger partial charge in [-0.2, -0.15) is 0 Å². The molecular weight excluding hydrogens is 311 g/mol. The number of carbonyl (C=O) groups excluding carboxylic acids is 1. The van der Waals surface area contributed by atoms with Crippen molar-refractivity contribution in [3.8, 4) is 0 Å². The number of nitrogens with zero attached hydrogens (tertiary/aromatic N) is 1. The fraction of sp³-hybridized carbons (Fsp3) is 0.556. The Hall–Kier alpha value is -2.11. The second-order valence-electron chi connectivity index (χ2n) is 7.76. The first-order chi connectivity index (χ1) is 11.6. The summed E-state index contributed by atoms with van der Waals surface area (Å²) in [6.45, 7) is 0. The summed E-state index contributed by atoms with van der Waals surface area (Å²) in [5.74, 6) is 1.68. The molecule has 0 radical (unpaired) electrons. The minimum Gasteiger partial charge on any atom is -0.443 e. The van der Waals surface area contributed by atoms with Crippen molar-refractivity contribution in [2.24, 2.45) is 17.8 Å². The number of hydrogen-bond donors (Lipinski definition) is 1. The highest BCUT2D eigenvalue weighted by Crippen LogP contribution is 2.57. The number of rotatable bonds is 2. The zero-order chi connectivity index (χ0) is 16.3. The zero-order valence-electron chi connectivity index (χ0n) is 13.3. The van der Waals surface area contributed by atoms with Crippen LogP contribution in [-0.4, -0.2) is 16.9 Å². The summed E-state index contributed by atoms with van der Waals surface area (Å²) in [6, 6.07) is 4.47. The average Bonchev–Trinajstić information content (AvgIpc) is 2.89. The topological polar surface area (TPSA) is 64.4 Å². The summed E-state index contributed by atoms with van der Waals surface area (Å²) in [4.78, 5) is 12.4. The lowest BCUT2D eigenvalue weighted by atomic mass is 9.54. The van der Waals surface area contributed by atoms with Crippen molar-refractivity contribution in [3.63, 3.8) is 0 Å². The van der Waals surface area contributed by atoms with E-state index in [4.69, 9.17) is 9.26 Å². The molecule has 0 saturated heterocycles. The van der Waals surface area contributed by atoms with Crippen LogP contribution >= 0.6 is 0 Å². The van der Waals surface area contributed by atoms with Crippen molar-refractivity contribution < 1.29 is 18.4 Å². The normalized spacial score (nSPS) is 33.8. The molecule has 4 aliphatic rings. The van der Waals surface area contributed by atoms with Gasteiger partial charge in [0, 0.05) is 0 Å². The maximum absolute atomic E-state index is 14.0. The number of benzene rings is 1. The zero-order valence-corrected chi connectivity index (χ0v) is 13.3. The van der Waals surface area contributed by atoms with E-state index in [2.05, 4.69) is 10.5 Å². The van der Waals surface area contributed by atoms with E-state index in [0.29, 0.717) is 23.3 Å². The highest BCUT2D eigenvalue weighted by molar-refractivity contribution is 5.96. The van der Waals surface area contributed by atoms with E-state index in [-0.39, 0.29) is 16.8 Å². The first kappa shape index (κ1) is 14.3. The predicted molar refractivity (Wildman–Crippen MR) is 85.0 cm³/mol. The Kier molecular flexibility index (Phi) is 2.94. The van der Waals surface area contributed by atoms with Crippen LogP contribution in [0.2, 0.25) is 0 Å². The summed E-state index contributed by atoms with van der Waals surface area (Å²) in [6.07, 6.45) is 6.16. The monoisotopic (exact) mass is 330 g/mol. The molecule has 24 heavy (non-hydrogen) atoms. The first-order valence-corrected chi connectivity index (χ1v) is 8.64. The molecule has 4 bridgehead atoms. The minimum absolute atomic E-state index is 0.0813. The van der Waals surface area contributed by atoms with Gasteiger partial charge >= 0.3 is 6.09 Å². The third kappa shape index (κ3) is 2.19. The molecule has 0 atom stereocenters. The quantitative estimate of drug-likeness (QED) is 0.881. The second-order valence-corrected chi connectivity index (χ2v) is 7.76. The van der Waals surface area contributed by atoms with Crippen LogP contribution in [0.25, 0.3) is 11.0 Å². The molecule has 1 amide bonds. The molecule has 2 aromatic rings. The second kappa shape index (κ2) is 4.94. The van der Waals surface area contributed by atoms with Crippen LogP contribution < -0.4 is 5.32 Å². The van der Waals surface area contributed by atoms with Crippen molar-refractivity contribution in [1.82, 2.24) is 5.16 Å². The average molecular weight is 330 g/mol. The fourth-order valence-electron chi connectivity index (χ4n) is 5.51. The Labute approximate surface area is 138 Å². The number of amides is 1. The summed E-state index contributed by atoms with van der Waals surface area (Å²) < 4.78 is 24.9. The van der Waals surface area contributed by atoms with Gasteiger partial charge in [0.25, 0.3) is 0 Å². The van der Waals surface area contributed by atoms with Gasteiger partial charge in [0.1, 0.15) is 16.8 Å². The largest absolute Gasteiger partial charge is 0.443 e. The van der Waals surface area contributed by atoms with Crippen LogP contribution in [0.1, 0.15) is 38.5 Å². The summed E-state index contributed by atoms with van der Waals surface area (Å²) in [5, 5.41) is 6.52. The highest BCUT2D eigenvalue weighted by Gasteiger charge is 2.53. The highest BCUT2D eigenvalue weighted by atomic mass is 19.1. The lowest BCUT2D eigenvalue weighted by Crippen LogP contribution is -2.53. The SMILES string of the molecule is O=C(Nc1noc2cccc(F)c12)OC12CC3CC(CC(C3)C1)C2. The Morgan fingerprint density at radius 2 is 1.88 bits per heavy atom. The third-order valence-electron chi connectivity index (χ3n) is 5.96. The number of hydrogen-bond acceptors (Lipinski definition) is 4. The fourth-order valence-corrected chi connectivity index (χ4v) is 5.51. The van der Waals surface area contributed by atoms with Crippen LogP contribution in [0.4, 0.5) is 15.0 Å². The number of anilines is 1. The molecule has 0 aliphatic heterocycles. The third-order valence-corrected chi connectivity index (χ3v) is 5.96. The smallest absolute Gasteiger partial charge is 0.413 e. The number of fused-ring (bicyclic) bond motifs is 1. The molecule has 4 aliphatic carbocycles. The lowest BCUT2D eigenvalue weighted by molar-refractivity contribution is -0.124. The van der Waals surface area contributed by atoms with E-state index in [1.165, 1.54) is 25.3 Å². The molecule has 0 unspecified atom stereocenters. The minimum atomic E-state index is -0.560. The number of aromatic nitrogens is 1. The van der Waals surface area contributed by atoms with Crippen molar-refractivity contribution in [1.29, 1.82) is 0 Å². The molecule has 1 aromatic carbocycles. The van der Waals surface area contributed by atoms with Gasteiger partial charge in [-0.05, 0) is 68.4 Å². The van der Waals surface area contributed by atoms with E-state index in [9.17, 15) is 9.18 Å². The molecule has 1 N–H and O–H groups in total. The Balaban J connectivity index is 1.36. The van der Waals surface area contributed by atoms with E-state index >= 15 is 0 Å². The van der Waals surface area contributed by atoms with Gasteiger partial charge in [-0.25, -0.2) is 9.18 Å². The van der Waals surface area contributed by atoms with Gasteiger partial charge in [0.15, 0.2) is 11.4 Å². The van der Waals surface area contributed by atoms with Gasteiger partial charge in [0.2, 0.25) is 0 Å². The summed E-state index contributed by atoms with van der Waals surface area (Å²) in [7, 11) is 0. The molecule has 6 rings (SSSR count). The van der Waals surface area contributed by atoms with Gasteiger partial charge in [-0.3, -0.25) is 5.32 Å². The van der Waals surface area contributed by atoms with E-state index < -0.39 is 11.9 Å². The number of nitrogens with one attached hydrogen (secondary N) is 1. The molecule has 4 fully saturated rings. The molecule has 6 heteroatoms. The van der Waals surface area contributed by atoms with Crippen molar-refractivity contribution in [2.75, 3.05) is 5.32 Å². The Morgan fingerprint density at radius 1 is 1.21 bits per heavy atom. The van der Waals surface area contributed by atoms with Gasteiger partial charge in [-0.15, -0.1) is 0 Å². The van der Waals surface area contributed by atoms with Crippen LogP contribution in [0.3, 0.4) is 0 Å². The maximum Gasteiger partial charge on any atom is 0.413 e. The van der Waals surface area contributed by atoms with Crippen LogP contribution in [0.5, 0.6) is 0 Å². The molecule has 126 valence electrons. The molecule has 5 nitrogen and oxygen atoms in total. The Bertz CT molecular complexity index is 780. The number of ether oxygens (including phenoxy) is 1. The van der Waals surface area contributed by atoms with Crippen molar-refractivity contribution >= 4 is 22.9 Å². The van der Waals surface area contributed by atoms with Crippen molar-refractivity contribution in [2.45, 2.75) is 44.1 Å². The standard InChI is InChI=1S/C18H19FN2O3/c19-13-2-1-3-14-15(13)16(21-24-14)20-17(22)23-18-7-10-4-11(8-18)6-12(5-10)9-18/h1-3,10-12H,4-9H2,(H,20,21,22). The molecule has 4 saturated carbocycles. The predicted octanol–water partition coefficient (Wildman–Crippen LogP) is 4.48. The lowest BCUT2D eigenvalue weighted by Gasteiger charge is -2.55. The van der Waals surface area contributed by atoms with Crippen molar-refractivity contribution in [3.05, 3.63) is 24.0 Å². The summed E-state index contributed by atoms with van der Waals surface area (Å²) in [5.41, 5.74) is -0.0307. The van der Waals surface area contributed by atoms with Gasteiger partial charge in [-0.1, -0.05) is 11.2 Å². The van der Waals surface area contributed by atoms with Gasteiger partial charge < -0.3 is 9.26 Å². The number of halogens is 1.